The summed E-state index contributed by atoms with van der Waals surface area (Å²) in [7, 11) is 0. The summed E-state index contributed by atoms with van der Waals surface area (Å²) in [6.07, 6.45) is 1.70. The SMILES string of the molecule is C[C@H](NC(=O)NC[C@H](O)C1CCC(Cl)C(F)C1)C1CCCO1. The lowest BCUT2D eigenvalue weighted by Gasteiger charge is -2.31. The van der Waals surface area contributed by atoms with Crippen molar-refractivity contribution < 1.29 is 19.0 Å². The van der Waals surface area contributed by atoms with Gasteiger partial charge in [-0.25, -0.2) is 9.18 Å². The number of hydrogen-bond donors (Lipinski definition) is 3. The van der Waals surface area contributed by atoms with Crippen molar-refractivity contribution in [1.82, 2.24) is 10.6 Å². The van der Waals surface area contributed by atoms with Crippen LogP contribution in [-0.4, -0.2) is 54.1 Å². The largest absolute Gasteiger partial charge is 0.391 e. The molecule has 6 atom stereocenters. The Kier molecular flexibility index (Phi) is 6.71. The maximum atomic E-state index is 13.6. The number of nitrogens with one attached hydrogen (secondary N) is 2. The zero-order valence-electron chi connectivity index (χ0n) is 12.9. The predicted octanol–water partition coefficient (Wildman–Crippen LogP) is 1.96. The van der Waals surface area contributed by atoms with Crippen LogP contribution in [0.5, 0.6) is 0 Å². The molecule has 5 nitrogen and oxygen atoms in total. The quantitative estimate of drug-likeness (QED) is 0.672. The number of aliphatic hydroxyl groups is 1. The van der Waals surface area contributed by atoms with Crippen LogP contribution in [0.4, 0.5) is 9.18 Å². The van der Waals surface area contributed by atoms with E-state index >= 15 is 0 Å². The molecule has 2 rings (SSSR count). The van der Waals surface area contributed by atoms with Crippen LogP contribution in [0.2, 0.25) is 0 Å². The molecule has 1 saturated heterocycles. The fourth-order valence-electron chi connectivity index (χ4n) is 3.17. The minimum absolute atomic E-state index is 0.0574. The van der Waals surface area contributed by atoms with Gasteiger partial charge in [0.15, 0.2) is 0 Å². The molecule has 1 saturated carbocycles. The van der Waals surface area contributed by atoms with Crippen molar-refractivity contribution in [2.24, 2.45) is 5.92 Å². The maximum Gasteiger partial charge on any atom is 0.315 e. The highest BCUT2D eigenvalue weighted by molar-refractivity contribution is 6.21. The molecule has 1 aliphatic heterocycles. The standard InChI is InChI=1S/C15H26ClFN2O3/c1-9(14-3-2-6-22-14)19-15(21)18-8-13(20)10-4-5-11(16)12(17)7-10/h9-14,20H,2-8H2,1H3,(H2,18,19,21)/t9-,10?,11?,12?,13-,14?/m0/s1. The van der Waals surface area contributed by atoms with Gasteiger partial charge in [-0.1, -0.05) is 0 Å². The van der Waals surface area contributed by atoms with Crippen LogP contribution < -0.4 is 10.6 Å². The molecule has 7 heteroatoms. The Labute approximate surface area is 135 Å². The fourth-order valence-corrected chi connectivity index (χ4v) is 3.40. The number of carbonyl (C=O) groups excluding carboxylic acids is 1. The first-order valence-electron chi connectivity index (χ1n) is 8.09. The number of carbonyl (C=O) groups is 1. The first-order chi connectivity index (χ1) is 10.5. The first kappa shape index (κ1) is 17.8. The Morgan fingerprint density at radius 3 is 2.86 bits per heavy atom. The fraction of sp³-hybridized carbons (Fsp3) is 0.933. The van der Waals surface area contributed by atoms with Gasteiger partial charge in [-0.2, -0.15) is 0 Å². The second-order valence-electron chi connectivity index (χ2n) is 6.37. The number of hydrogen-bond acceptors (Lipinski definition) is 3. The smallest absolute Gasteiger partial charge is 0.315 e. The highest BCUT2D eigenvalue weighted by Crippen LogP contribution is 2.32. The Bertz CT molecular complexity index is 369. The number of aliphatic hydroxyl groups excluding tert-OH is 1. The topological polar surface area (TPSA) is 70.6 Å². The summed E-state index contributed by atoms with van der Waals surface area (Å²) in [6.45, 7) is 2.76. The molecule has 2 amide bonds. The molecule has 128 valence electrons. The van der Waals surface area contributed by atoms with E-state index in [0.717, 1.165) is 19.4 Å². The summed E-state index contributed by atoms with van der Waals surface area (Å²) < 4.78 is 19.1. The molecule has 2 aliphatic rings. The van der Waals surface area contributed by atoms with E-state index < -0.39 is 17.7 Å². The van der Waals surface area contributed by atoms with Crippen LogP contribution in [0.3, 0.4) is 0 Å². The van der Waals surface area contributed by atoms with E-state index in [9.17, 15) is 14.3 Å². The van der Waals surface area contributed by atoms with Gasteiger partial charge in [0.25, 0.3) is 0 Å². The molecule has 1 heterocycles. The molecular weight excluding hydrogens is 311 g/mol. The van der Waals surface area contributed by atoms with Crippen LogP contribution in [0.1, 0.15) is 39.0 Å². The number of amides is 2. The molecule has 0 aromatic rings. The van der Waals surface area contributed by atoms with Crippen molar-refractivity contribution in [3.8, 4) is 0 Å². The average Bonchev–Trinajstić information content (AvgIpc) is 3.02. The molecule has 0 radical (unpaired) electrons. The Balaban J connectivity index is 1.67. The van der Waals surface area contributed by atoms with E-state index in [1.165, 1.54) is 0 Å². The van der Waals surface area contributed by atoms with Crippen LogP contribution in [0.15, 0.2) is 0 Å². The van der Waals surface area contributed by atoms with E-state index in [4.69, 9.17) is 16.3 Å². The van der Waals surface area contributed by atoms with Gasteiger partial charge in [-0.05, 0) is 44.9 Å². The highest BCUT2D eigenvalue weighted by atomic mass is 35.5. The number of ether oxygens (including phenoxy) is 1. The van der Waals surface area contributed by atoms with Crippen LogP contribution in [0.25, 0.3) is 0 Å². The minimum Gasteiger partial charge on any atom is -0.391 e. The molecule has 0 bridgehead atoms. The summed E-state index contributed by atoms with van der Waals surface area (Å²) >= 11 is 5.84. The van der Waals surface area contributed by atoms with E-state index in [0.29, 0.717) is 12.8 Å². The first-order valence-corrected chi connectivity index (χ1v) is 8.53. The third-order valence-corrected chi connectivity index (χ3v) is 5.12. The van der Waals surface area contributed by atoms with Gasteiger partial charge in [-0.3, -0.25) is 0 Å². The van der Waals surface area contributed by atoms with Crippen LogP contribution in [0, 0.1) is 5.92 Å². The lowest BCUT2D eigenvalue weighted by molar-refractivity contribution is 0.0612. The molecule has 3 N–H and O–H groups in total. The van der Waals surface area contributed by atoms with E-state index in [1.54, 1.807) is 0 Å². The van der Waals surface area contributed by atoms with Crippen molar-refractivity contribution in [3.05, 3.63) is 0 Å². The Hall–Kier alpha value is -0.590. The van der Waals surface area contributed by atoms with E-state index in [2.05, 4.69) is 10.6 Å². The van der Waals surface area contributed by atoms with Gasteiger partial charge in [-0.15, -0.1) is 11.6 Å². The molecule has 0 aromatic heterocycles. The van der Waals surface area contributed by atoms with Crippen LogP contribution in [-0.2, 0) is 4.74 Å². The van der Waals surface area contributed by atoms with E-state index in [1.807, 2.05) is 6.92 Å². The summed E-state index contributed by atoms with van der Waals surface area (Å²) in [5.41, 5.74) is 0. The van der Waals surface area contributed by atoms with Crippen molar-refractivity contribution in [2.45, 2.75) is 68.8 Å². The molecule has 1 aliphatic carbocycles. The molecule has 0 aromatic carbocycles. The zero-order valence-corrected chi connectivity index (χ0v) is 13.7. The molecular formula is C15H26ClFN2O3. The Morgan fingerprint density at radius 2 is 2.23 bits per heavy atom. The normalized spacial score (nSPS) is 34.9. The number of halogens is 2. The third kappa shape index (κ3) is 4.96. The third-order valence-electron chi connectivity index (χ3n) is 4.63. The molecule has 0 spiro atoms. The second-order valence-corrected chi connectivity index (χ2v) is 6.93. The number of urea groups is 1. The lowest BCUT2D eigenvalue weighted by Crippen LogP contribution is -2.48. The van der Waals surface area contributed by atoms with Gasteiger partial charge >= 0.3 is 6.03 Å². The summed E-state index contributed by atoms with van der Waals surface area (Å²) in [6, 6.07) is -0.397. The number of alkyl halides is 2. The van der Waals surface area contributed by atoms with Gasteiger partial charge in [0.2, 0.25) is 0 Å². The molecule has 22 heavy (non-hydrogen) atoms. The minimum atomic E-state index is -1.08. The zero-order chi connectivity index (χ0) is 16.1. The van der Waals surface area contributed by atoms with Crippen molar-refractivity contribution in [1.29, 1.82) is 0 Å². The predicted molar refractivity (Wildman–Crippen MR) is 82.9 cm³/mol. The van der Waals surface area contributed by atoms with Crippen molar-refractivity contribution in [2.75, 3.05) is 13.2 Å². The summed E-state index contributed by atoms with van der Waals surface area (Å²) in [4.78, 5) is 11.8. The van der Waals surface area contributed by atoms with Crippen LogP contribution >= 0.6 is 11.6 Å². The van der Waals surface area contributed by atoms with E-state index in [-0.39, 0.29) is 37.1 Å². The number of rotatable bonds is 5. The van der Waals surface area contributed by atoms with Crippen molar-refractivity contribution >= 4 is 17.6 Å². The maximum absolute atomic E-state index is 13.6. The van der Waals surface area contributed by atoms with Gasteiger partial charge in [0.05, 0.1) is 23.6 Å². The monoisotopic (exact) mass is 336 g/mol. The highest BCUT2D eigenvalue weighted by Gasteiger charge is 2.33. The van der Waals surface area contributed by atoms with Crippen molar-refractivity contribution in [3.63, 3.8) is 0 Å². The van der Waals surface area contributed by atoms with Gasteiger partial charge in [0.1, 0.15) is 6.17 Å². The molecule has 2 fully saturated rings. The summed E-state index contributed by atoms with van der Waals surface area (Å²) in [5.74, 6) is -0.152. The lowest BCUT2D eigenvalue weighted by atomic mass is 9.84. The summed E-state index contributed by atoms with van der Waals surface area (Å²) in [5, 5.41) is 15.1. The second kappa shape index (κ2) is 8.31. The van der Waals surface area contributed by atoms with Gasteiger partial charge in [0, 0.05) is 13.2 Å². The average molecular weight is 337 g/mol. The van der Waals surface area contributed by atoms with Gasteiger partial charge < -0.3 is 20.5 Å². The Morgan fingerprint density at radius 1 is 1.45 bits per heavy atom. The molecule has 4 unspecified atom stereocenters.